The zero-order chi connectivity index (χ0) is 20.5. The van der Waals surface area contributed by atoms with Crippen molar-refractivity contribution in [2.24, 2.45) is 0 Å². The molecule has 2 aliphatic rings. The van der Waals surface area contributed by atoms with E-state index in [-0.39, 0.29) is 5.91 Å². The Kier molecular flexibility index (Phi) is 5.82. The Morgan fingerprint density at radius 3 is 2.34 bits per heavy atom. The summed E-state index contributed by atoms with van der Waals surface area (Å²) in [5, 5.41) is 0. The molecule has 0 N–H and O–H groups in total. The predicted molar refractivity (Wildman–Crippen MR) is 119 cm³/mol. The molecule has 2 aliphatic heterocycles. The van der Waals surface area contributed by atoms with Gasteiger partial charge in [0.15, 0.2) is 0 Å². The lowest BCUT2D eigenvalue weighted by atomic mass is 10.0. The summed E-state index contributed by atoms with van der Waals surface area (Å²) in [5.41, 5.74) is 5.51. The maximum atomic E-state index is 13.3. The van der Waals surface area contributed by atoms with Crippen LogP contribution in [0.4, 0.5) is 0 Å². The lowest BCUT2D eigenvalue weighted by molar-refractivity contribution is 0.0644. The third kappa shape index (κ3) is 4.00. The quantitative estimate of drug-likeness (QED) is 0.738. The third-order valence-electron chi connectivity index (χ3n) is 6.87. The van der Waals surface area contributed by atoms with Crippen LogP contribution in [0, 0.1) is 13.8 Å². The molecule has 0 aliphatic carbocycles. The van der Waals surface area contributed by atoms with Gasteiger partial charge >= 0.3 is 0 Å². The molecule has 156 valence electrons. The van der Waals surface area contributed by atoms with E-state index >= 15 is 0 Å². The van der Waals surface area contributed by atoms with Crippen LogP contribution in [0.25, 0.3) is 5.69 Å². The highest BCUT2D eigenvalue weighted by atomic mass is 16.2. The van der Waals surface area contributed by atoms with Crippen molar-refractivity contribution in [1.29, 1.82) is 0 Å². The summed E-state index contributed by atoms with van der Waals surface area (Å²) in [6, 6.07) is 11.4. The number of piperidine rings is 1. The molecule has 2 saturated heterocycles. The molecule has 0 radical (unpaired) electrons. The summed E-state index contributed by atoms with van der Waals surface area (Å²) in [4.78, 5) is 18.0. The highest BCUT2D eigenvalue weighted by molar-refractivity contribution is 5.96. The molecule has 4 rings (SSSR count). The van der Waals surface area contributed by atoms with Crippen LogP contribution in [0.3, 0.4) is 0 Å². The number of benzene rings is 1. The summed E-state index contributed by atoms with van der Waals surface area (Å²) in [5.74, 6) is 0.688. The van der Waals surface area contributed by atoms with Crippen LogP contribution in [0.1, 0.15) is 72.8 Å². The first-order chi connectivity index (χ1) is 14.0. The van der Waals surface area contributed by atoms with E-state index in [1.165, 1.54) is 31.5 Å². The number of rotatable bonds is 4. The monoisotopic (exact) mass is 393 g/mol. The minimum absolute atomic E-state index is 0.198. The van der Waals surface area contributed by atoms with Gasteiger partial charge in [0, 0.05) is 36.2 Å². The first-order valence-corrected chi connectivity index (χ1v) is 11.3. The fourth-order valence-corrected chi connectivity index (χ4v) is 5.11. The normalized spacial score (nSPS) is 18.7. The molecule has 4 nitrogen and oxygen atoms in total. The number of nitrogens with zero attached hydrogens (tertiary/aromatic N) is 3. The number of likely N-dealkylation sites (tertiary alicyclic amines) is 2. The predicted octanol–water partition coefficient (Wildman–Crippen LogP) is 4.92. The highest BCUT2D eigenvalue weighted by Crippen LogP contribution is 2.27. The number of carbonyl (C=O) groups is 1. The standard InChI is InChI=1S/C25H35N3O/c1-18(2)21-8-7-9-23(17-21)28-19(3)16-24(20(28)4)25(29)27-14-10-22(11-15-27)26-12-5-6-13-26/h7-9,16-18,22H,5-6,10-15H2,1-4H3. The van der Waals surface area contributed by atoms with E-state index in [9.17, 15) is 4.79 Å². The number of amides is 1. The molecule has 1 aromatic heterocycles. The molecule has 0 spiro atoms. The van der Waals surface area contributed by atoms with E-state index < -0.39 is 0 Å². The van der Waals surface area contributed by atoms with Gasteiger partial charge in [-0.2, -0.15) is 0 Å². The molecule has 0 unspecified atom stereocenters. The Hall–Kier alpha value is -2.07. The maximum absolute atomic E-state index is 13.3. The number of aryl methyl sites for hydroxylation is 1. The molecule has 1 amide bonds. The van der Waals surface area contributed by atoms with Crippen LogP contribution in [-0.2, 0) is 0 Å². The van der Waals surface area contributed by atoms with Crippen molar-refractivity contribution < 1.29 is 4.79 Å². The molecular formula is C25H35N3O. The molecule has 0 atom stereocenters. The number of carbonyl (C=O) groups excluding carboxylic acids is 1. The SMILES string of the molecule is Cc1cc(C(=O)N2CCC(N3CCCC3)CC2)c(C)n1-c1cccc(C(C)C)c1. The van der Waals surface area contributed by atoms with Gasteiger partial charge in [-0.15, -0.1) is 0 Å². The number of aromatic nitrogens is 1. The first-order valence-electron chi connectivity index (χ1n) is 11.3. The van der Waals surface area contributed by atoms with Gasteiger partial charge in [0.1, 0.15) is 0 Å². The molecule has 1 aromatic carbocycles. The van der Waals surface area contributed by atoms with Crippen molar-refractivity contribution in [1.82, 2.24) is 14.4 Å². The smallest absolute Gasteiger partial charge is 0.255 e. The third-order valence-corrected chi connectivity index (χ3v) is 6.87. The van der Waals surface area contributed by atoms with Gasteiger partial charge in [0.25, 0.3) is 5.91 Å². The number of hydrogen-bond donors (Lipinski definition) is 0. The minimum Gasteiger partial charge on any atom is -0.338 e. The maximum Gasteiger partial charge on any atom is 0.255 e. The average Bonchev–Trinajstić information content (AvgIpc) is 3.36. The van der Waals surface area contributed by atoms with Gasteiger partial charge in [0.2, 0.25) is 0 Å². The van der Waals surface area contributed by atoms with Crippen LogP contribution < -0.4 is 0 Å². The molecule has 29 heavy (non-hydrogen) atoms. The average molecular weight is 394 g/mol. The second kappa shape index (κ2) is 8.35. The van der Waals surface area contributed by atoms with Crippen molar-refractivity contribution in [3.63, 3.8) is 0 Å². The van der Waals surface area contributed by atoms with Crippen molar-refractivity contribution in [3.8, 4) is 5.69 Å². The van der Waals surface area contributed by atoms with Crippen LogP contribution in [-0.4, -0.2) is 52.5 Å². The molecule has 3 heterocycles. The summed E-state index contributed by atoms with van der Waals surface area (Å²) in [7, 11) is 0. The fourth-order valence-electron chi connectivity index (χ4n) is 5.11. The Morgan fingerprint density at radius 1 is 1.00 bits per heavy atom. The van der Waals surface area contributed by atoms with Crippen molar-refractivity contribution in [2.75, 3.05) is 26.2 Å². The van der Waals surface area contributed by atoms with Gasteiger partial charge in [0.05, 0.1) is 5.56 Å². The van der Waals surface area contributed by atoms with E-state index in [1.807, 2.05) is 0 Å². The van der Waals surface area contributed by atoms with Crippen LogP contribution >= 0.6 is 0 Å². The molecule has 0 bridgehead atoms. The van der Waals surface area contributed by atoms with Crippen molar-refractivity contribution >= 4 is 5.91 Å². The lowest BCUT2D eigenvalue weighted by Gasteiger charge is -2.36. The van der Waals surface area contributed by atoms with Gasteiger partial charge in [-0.05, 0) is 82.3 Å². The van der Waals surface area contributed by atoms with Gasteiger partial charge < -0.3 is 14.4 Å². The molecule has 0 saturated carbocycles. The Morgan fingerprint density at radius 2 is 1.69 bits per heavy atom. The zero-order valence-electron chi connectivity index (χ0n) is 18.4. The van der Waals surface area contributed by atoms with Gasteiger partial charge in [-0.1, -0.05) is 26.0 Å². The topological polar surface area (TPSA) is 28.5 Å². The van der Waals surface area contributed by atoms with E-state index in [0.717, 1.165) is 48.6 Å². The Labute approximate surface area is 175 Å². The van der Waals surface area contributed by atoms with Crippen molar-refractivity contribution in [2.45, 2.75) is 65.3 Å². The molecule has 2 aromatic rings. The van der Waals surface area contributed by atoms with E-state index in [2.05, 4.69) is 72.4 Å². The fraction of sp³-hybridized carbons (Fsp3) is 0.560. The first kappa shape index (κ1) is 20.2. The van der Waals surface area contributed by atoms with Crippen molar-refractivity contribution in [3.05, 3.63) is 52.8 Å². The lowest BCUT2D eigenvalue weighted by Crippen LogP contribution is -2.46. The molecule has 2 fully saturated rings. The Bertz CT molecular complexity index is 868. The summed E-state index contributed by atoms with van der Waals surface area (Å²) < 4.78 is 2.23. The summed E-state index contributed by atoms with van der Waals surface area (Å²) >= 11 is 0. The van der Waals surface area contributed by atoms with Gasteiger partial charge in [-0.3, -0.25) is 4.79 Å². The van der Waals surface area contributed by atoms with Crippen LogP contribution in [0.2, 0.25) is 0 Å². The summed E-state index contributed by atoms with van der Waals surface area (Å²) in [6.45, 7) is 12.9. The van der Waals surface area contributed by atoms with E-state index in [1.54, 1.807) is 0 Å². The molecular weight excluding hydrogens is 358 g/mol. The second-order valence-electron chi connectivity index (χ2n) is 9.14. The highest BCUT2D eigenvalue weighted by Gasteiger charge is 2.30. The second-order valence-corrected chi connectivity index (χ2v) is 9.14. The van der Waals surface area contributed by atoms with Crippen LogP contribution in [0.15, 0.2) is 30.3 Å². The van der Waals surface area contributed by atoms with Gasteiger partial charge in [-0.25, -0.2) is 0 Å². The zero-order valence-corrected chi connectivity index (χ0v) is 18.4. The van der Waals surface area contributed by atoms with E-state index in [4.69, 9.17) is 0 Å². The van der Waals surface area contributed by atoms with E-state index in [0.29, 0.717) is 12.0 Å². The minimum atomic E-state index is 0.198. The number of hydrogen-bond acceptors (Lipinski definition) is 2. The Balaban J connectivity index is 1.52. The summed E-state index contributed by atoms with van der Waals surface area (Å²) in [6.07, 6.45) is 4.90. The molecule has 4 heteroatoms. The van der Waals surface area contributed by atoms with Crippen LogP contribution in [0.5, 0.6) is 0 Å². The largest absolute Gasteiger partial charge is 0.338 e.